The van der Waals surface area contributed by atoms with E-state index in [1.54, 1.807) is 24.3 Å². The minimum Gasteiger partial charge on any atom is -0.351 e. The van der Waals surface area contributed by atoms with E-state index in [0.29, 0.717) is 16.8 Å². The Balaban J connectivity index is 0.000000523. The number of hydrogen-bond donors (Lipinski definition) is 2. The lowest BCUT2D eigenvalue weighted by molar-refractivity contribution is -0.125. The Morgan fingerprint density at radius 3 is 2.29 bits per heavy atom. The fourth-order valence-electron chi connectivity index (χ4n) is 3.29. The van der Waals surface area contributed by atoms with Gasteiger partial charge in [-0.15, -0.1) is 0 Å². The van der Waals surface area contributed by atoms with Gasteiger partial charge in [-0.25, -0.2) is 9.07 Å². The number of aromatic nitrogens is 2. The Morgan fingerprint density at radius 1 is 1.26 bits per heavy atom. The van der Waals surface area contributed by atoms with Crippen LogP contribution in [0.2, 0.25) is 0 Å². The van der Waals surface area contributed by atoms with Gasteiger partial charge in [0.15, 0.2) is 5.82 Å². The Labute approximate surface area is 205 Å². The average Bonchev–Trinajstić information content (AvgIpc) is 3.44. The van der Waals surface area contributed by atoms with Gasteiger partial charge in [0.2, 0.25) is 5.91 Å². The standard InChI is InChI=1S/C17H19F3N4O.C6H13NO.C2H6/c1-23-8-2-3-14(23)16(25)21-9-11-4-6-12(7-5-11)15-13(18)10-22-24(15)17(19)20;1-6(2,3)5(7)4-8;1-2/h4-7,10,14,17H,2-3,8-9H2,1H3,(H,21,25);4-5H,7H2,1-3H3;1-2H3. The molecule has 2 unspecified atom stereocenters. The van der Waals surface area contributed by atoms with Crippen LogP contribution >= 0.6 is 0 Å². The molecule has 7 nitrogen and oxygen atoms in total. The second kappa shape index (κ2) is 14.0. The molecule has 1 aliphatic rings. The van der Waals surface area contributed by atoms with Gasteiger partial charge in [0.05, 0.1) is 18.3 Å². The highest BCUT2D eigenvalue weighted by molar-refractivity contribution is 5.82. The average molecular weight is 498 g/mol. The molecule has 2 atom stereocenters. The van der Waals surface area contributed by atoms with Gasteiger partial charge in [-0.3, -0.25) is 9.69 Å². The van der Waals surface area contributed by atoms with Gasteiger partial charge < -0.3 is 15.8 Å². The monoisotopic (exact) mass is 497 g/mol. The van der Waals surface area contributed by atoms with Gasteiger partial charge in [0.25, 0.3) is 0 Å². The molecule has 35 heavy (non-hydrogen) atoms. The first kappa shape index (κ1) is 30.3. The molecule has 2 heterocycles. The van der Waals surface area contributed by atoms with Crippen molar-refractivity contribution in [3.63, 3.8) is 0 Å². The van der Waals surface area contributed by atoms with Crippen LogP contribution < -0.4 is 11.1 Å². The van der Waals surface area contributed by atoms with Crippen molar-refractivity contribution < 1.29 is 22.8 Å². The second-order valence-corrected chi connectivity index (χ2v) is 9.14. The summed E-state index contributed by atoms with van der Waals surface area (Å²) in [5, 5.41) is 6.23. The van der Waals surface area contributed by atoms with E-state index in [4.69, 9.17) is 5.73 Å². The van der Waals surface area contributed by atoms with Crippen molar-refractivity contribution in [1.82, 2.24) is 20.0 Å². The SMILES string of the molecule is CC.CC(C)(C)C(N)C=O.CN1CCCC1C(=O)NCc1ccc(-c2c(F)cnn2C(F)F)cc1. The molecule has 0 bridgehead atoms. The van der Waals surface area contributed by atoms with Crippen LogP contribution in [0.5, 0.6) is 0 Å². The highest BCUT2D eigenvalue weighted by Gasteiger charge is 2.27. The molecule has 10 heteroatoms. The van der Waals surface area contributed by atoms with E-state index in [9.17, 15) is 22.8 Å². The number of amides is 1. The van der Waals surface area contributed by atoms with Gasteiger partial charge in [-0.1, -0.05) is 58.9 Å². The van der Waals surface area contributed by atoms with E-state index >= 15 is 0 Å². The maximum atomic E-state index is 13.7. The first-order valence-corrected chi connectivity index (χ1v) is 11.7. The van der Waals surface area contributed by atoms with Crippen molar-refractivity contribution in [1.29, 1.82) is 0 Å². The zero-order valence-electron chi connectivity index (χ0n) is 21.4. The summed E-state index contributed by atoms with van der Waals surface area (Å²) < 4.78 is 39.8. The van der Waals surface area contributed by atoms with Crippen LogP contribution in [0.15, 0.2) is 30.5 Å². The van der Waals surface area contributed by atoms with Crippen LogP contribution in [0.4, 0.5) is 13.2 Å². The van der Waals surface area contributed by atoms with E-state index in [1.807, 2.05) is 46.6 Å². The van der Waals surface area contributed by atoms with E-state index in [0.717, 1.165) is 37.4 Å². The summed E-state index contributed by atoms with van der Waals surface area (Å²) >= 11 is 0. The van der Waals surface area contributed by atoms with Gasteiger partial charge in [0, 0.05) is 12.1 Å². The van der Waals surface area contributed by atoms with E-state index in [-0.39, 0.29) is 29.1 Å². The molecule has 1 saturated heterocycles. The summed E-state index contributed by atoms with van der Waals surface area (Å²) in [7, 11) is 1.92. The molecule has 1 aliphatic heterocycles. The van der Waals surface area contributed by atoms with Crippen LogP contribution in [0, 0.1) is 11.2 Å². The predicted octanol–water partition coefficient (Wildman–Crippen LogP) is 4.38. The number of halogens is 3. The van der Waals surface area contributed by atoms with Crippen molar-refractivity contribution in [3.05, 3.63) is 41.8 Å². The molecular weight excluding hydrogens is 459 g/mol. The lowest BCUT2D eigenvalue weighted by atomic mass is 9.89. The number of aldehydes is 1. The van der Waals surface area contributed by atoms with Gasteiger partial charge in [-0.2, -0.15) is 13.9 Å². The summed E-state index contributed by atoms with van der Waals surface area (Å²) in [6.07, 6.45) is 3.40. The molecule has 0 saturated carbocycles. The number of hydrogen-bond acceptors (Lipinski definition) is 5. The summed E-state index contributed by atoms with van der Waals surface area (Å²) in [6, 6.07) is 6.01. The number of rotatable bonds is 6. The molecule has 1 fully saturated rings. The third kappa shape index (κ3) is 8.78. The maximum Gasteiger partial charge on any atom is 0.333 e. The summed E-state index contributed by atoms with van der Waals surface area (Å²) in [4.78, 5) is 24.2. The van der Waals surface area contributed by atoms with Crippen molar-refractivity contribution in [2.75, 3.05) is 13.6 Å². The van der Waals surface area contributed by atoms with Gasteiger partial charge in [-0.05, 0) is 37.4 Å². The number of alkyl halides is 2. The third-order valence-electron chi connectivity index (χ3n) is 5.60. The van der Waals surface area contributed by atoms with Gasteiger partial charge in [0.1, 0.15) is 12.0 Å². The van der Waals surface area contributed by atoms with Crippen LogP contribution in [-0.4, -0.2) is 52.5 Å². The first-order valence-electron chi connectivity index (χ1n) is 11.7. The van der Waals surface area contributed by atoms with E-state index in [2.05, 4.69) is 10.4 Å². The smallest absolute Gasteiger partial charge is 0.333 e. The Bertz CT molecular complexity index is 926. The Kier molecular flexibility index (Phi) is 12.1. The zero-order valence-corrected chi connectivity index (χ0v) is 21.4. The first-order chi connectivity index (χ1) is 16.5. The number of likely N-dealkylation sites (N-methyl/N-ethyl adjacent to an activating group) is 1. The molecule has 196 valence electrons. The number of benzene rings is 1. The van der Waals surface area contributed by atoms with Crippen molar-refractivity contribution in [3.8, 4) is 11.3 Å². The molecule has 3 N–H and O–H groups in total. The summed E-state index contributed by atoms with van der Waals surface area (Å²) in [5.41, 5.74) is 6.16. The molecule has 3 rings (SSSR count). The molecule has 1 aromatic carbocycles. The number of nitrogens with zero attached hydrogens (tertiary/aromatic N) is 3. The number of carbonyl (C=O) groups is 2. The van der Waals surface area contributed by atoms with Crippen LogP contribution in [0.25, 0.3) is 11.3 Å². The largest absolute Gasteiger partial charge is 0.351 e. The predicted molar refractivity (Wildman–Crippen MR) is 131 cm³/mol. The van der Waals surface area contributed by atoms with E-state index in [1.165, 1.54) is 0 Å². The quantitative estimate of drug-likeness (QED) is 0.578. The fourth-order valence-corrected chi connectivity index (χ4v) is 3.29. The molecule has 1 aromatic heterocycles. The van der Waals surface area contributed by atoms with Crippen LogP contribution in [-0.2, 0) is 16.1 Å². The zero-order chi connectivity index (χ0) is 26.8. The van der Waals surface area contributed by atoms with Crippen molar-refractivity contribution in [2.45, 2.75) is 72.6 Å². The molecule has 0 spiro atoms. The molecule has 0 aliphatic carbocycles. The fraction of sp³-hybridized carbons (Fsp3) is 0.560. The normalized spacial score (nSPS) is 16.6. The number of nitrogens with two attached hydrogens (primary N) is 1. The lowest BCUT2D eigenvalue weighted by Gasteiger charge is -2.20. The van der Waals surface area contributed by atoms with E-state index < -0.39 is 12.4 Å². The lowest BCUT2D eigenvalue weighted by Crippen LogP contribution is -2.41. The number of carbonyl (C=O) groups excluding carboxylic acids is 2. The Morgan fingerprint density at radius 2 is 1.86 bits per heavy atom. The Hall–Kier alpha value is -2.72. The highest BCUT2D eigenvalue weighted by Crippen LogP contribution is 2.27. The number of likely N-dealkylation sites (tertiary alicyclic amines) is 1. The van der Waals surface area contributed by atoms with Crippen molar-refractivity contribution in [2.24, 2.45) is 11.1 Å². The van der Waals surface area contributed by atoms with Crippen molar-refractivity contribution >= 4 is 12.2 Å². The molecule has 1 amide bonds. The highest BCUT2D eigenvalue weighted by atomic mass is 19.3. The topological polar surface area (TPSA) is 93.2 Å². The minimum absolute atomic E-state index is 0.0223. The summed E-state index contributed by atoms with van der Waals surface area (Å²) in [6.45, 7) is 8.14. The third-order valence-corrected chi connectivity index (χ3v) is 5.60. The minimum atomic E-state index is -2.91. The number of nitrogens with one attached hydrogen (secondary N) is 1. The second-order valence-electron chi connectivity index (χ2n) is 9.14. The molecular formula is C25H38F3N5O2. The molecule has 0 radical (unpaired) electrons. The molecule has 2 aromatic rings. The van der Waals surface area contributed by atoms with Crippen LogP contribution in [0.3, 0.4) is 0 Å². The van der Waals surface area contributed by atoms with Gasteiger partial charge >= 0.3 is 6.55 Å². The maximum absolute atomic E-state index is 13.7. The van der Waals surface area contributed by atoms with Crippen LogP contribution in [0.1, 0.15) is 59.6 Å². The summed E-state index contributed by atoms with van der Waals surface area (Å²) in [5.74, 6) is -0.823.